The molecule has 6 nitrogen and oxygen atoms in total. The van der Waals surface area contributed by atoms with Gasteiger partial charge >= 0.3 is 0 Å². The Kier molecular flexibility index (Phi) is 3.22. The van der Waals surface area contributed by atoms with Crippen molar-refractivity contribution in [3.8, 4) is 0 Å². The predicted molar refractivity (Wildman–Crippen MR) is 73.2 cm³/mol. The molecule has 1 aliphatic heterocycles. The largest absolute Gasteiger partial charge is 0.352 e. The predicted octanol–water partition coefficient (Wildman–Crippen LogP) is 0.902. The maximum absolute atomic E-state index is 4.51. The van der Waals surface area contributed by atoms with Crippen LogP contribution >= 0.6 is 0 Å². The van der Waals surface area contributed by atoms with Gasteiger partial charge in [0.1, 0.15) is 5.82 Å². The zero-order valence-corrected chi connectivity index (χ0v) is 10.9. The Morgan fingerprint density at radius 2 is 1.74 bits per heavy atom. The van der Waals surface area contributed by atoms with Crippen LogP contribution in [0.4, 0.5) is 11.6 Å². The molecule has 0 bridgehead atoms. The van der Waals surface area contributed by atoms with Gasteiger partial charge in [-0.3, -0.25) is 4.98 Å². The van der Waals surface area contributed by atoms with Crippen molar-refractivity contribution in [2.75, 3.05) is 36.0 Å². The highest BCUT2D eigenvalue weighted by molar-refractivity contribution is 5.43. The minimum absolute atomic E-state index is 0.925. The first-order valence-electron chi connectivity index (χ1n) is 6.39. The molecule has 1 fully saturated rings. The van der Waals surface area contributed by atoms with Crippen LogP contribution in [-0.4, -0.2) is 46.3 Å². The molecule has 0 aromatic carbocycles. The number of aryl methyl sites for hydroxylation is 1. The summed E-state index contributed by atoms with van der Waals surface area (Å²) in [7, 11) is 0. The molecule has 0 radical (unpaired) electrons. The van der Waals surface area contributed by atoms with E-state index in [9.17, 15) is 0 Å². The fourth-order valence-corrected chi connectivity index (χ4v) is 2.23. The van der Waals surface area contributed by atoms with Crippen LogP contribution in [0.15, 0.2) is 30.7 Å². The maximum Gasteiger partial charge on any atom is 0.151 e. The minimum atomic E-state index is 0.925. The van der Waals surface area contributed by atoms with E-state index in [4.69, 9.17) is 0 Å². The number of hydrogen-bond acceptors (Lipinski definition) is 6. The summed E-state index contributed by atoms with van der Waals surface area (Å²) in [6, 6.07) is 3.91. The van der Waals surface area contributed by atoms with Gasteiger partial charge in [0.2, 0.25) is 0 Å². The SMILES string of the molecule is Cc1cncc(N2CCN(c3cccnn3)CC2)n1. The Labute approximate surface area is 112 Å². The Morgan fingerprint density at radius 3 is 2.37 bits per heavy atom. The molecule has 0 spiro atoms. The van der Waals surface area contributed by atoms with Crippen molar-refractivity contribution in [3.63, 3.8) is 0 Å². The van der Waals surface area contributed by atoms with Crippen LogP contribution in [0.25, 0.3) is 0 Å². The highest BCUT2D eigenvalue weighted by Crippen LogP contribution is 2.16. The third-order valence-corrected chi connectivity index (χ3v) is 3.23. The summed E-state index contributed by atoms with van der Waals surface area (Å²) in [5.41, 5.74) is 0.953. The molecule has 2 aromatic rings. The van der Waals surface area contributed by atoms with Crippen LogP contribution in [0.5, 0.6) is 0 Å². The molecule has 3 heterocycles. The van der Waals surface area contributed by atoms with Crippen LogP contribution in [0.2, 0.25) is 0 Å². The van der Waals surface area contributed by atoms with Crippen molar-refractivity contribution < 1.29 is 0 Å². The summed E-state index contributed by atoms with van der Waals surface area (Å²) >= 11 is 0. The molecule has 0 saturated carbocycles. The summed E-state index contributed by atoms with van der Waals surface area (Å²) in [4.78, 5) is 13.2. The molecule has 0 N–H and O–H groups in total. The number of piperazine rings is 1. The van der Waals surface area contributed by atoms with Gasteiger partial charge in [-0.2, -0.15) is 5.10 Å². The second-order valence-corrected chi connectivity index (χ2v) is 4.57. The molecule has 0 amide bonds. The molecule has 3 rings (SSSR count). The summed E-state index contributed by atoms with van der Waals surface area (Å²) in [6.45, 7) is 5.67. The van der Waals surface area contributed by atoms with Gasteiger partial charge in [-0.1, -0.05) is 0 Å². The van der Waals surface area contributed by atoms with Crippen LogP contribution in [0.1, 0.15) is 5.69 Å². The van der Waals surface area contributed by atoms with Crippen molar-refractivity contribution in [2.24, 2.45) is 0 Å². The smallest absolute Gasteiger partial charge is 0.151 e. The molecule has 0 atom stereocenters. The third-order valence-electron chi connectivity index (χ3n) is 3.23. The van der Waals surface area contributed by atoms with E-state index < -0.39 is 0 Å². The topological polar surface area (TPSA) is 58.0 Å². The van der Waals surface area contributed by atoms with Gasteiger partial charge in [0.15, 0.2) is 5.82 Å². The van der Waals surface area contributed by atoms with Gasteiger partial charge in [0.05, 0.1) is 11.9 Å². The van der Waals surface area contributed by atoms with Crippen LogP contribution in [0.3, 0.4) is 0 Å². The van der Waals surface area contributed by atoms with Gasteiger partial charge in [-0.15, -0.1) is 5.10 Å². The van der Waals surface area contributed by atoms with E-state index in [1.165, 1.54) is 0 Å². The number of rotatable bonds is 2. The first-order chi connectivity index (χ1) is 9.33. The van der Waals surface area contributed by atoms with Crippen molar-refractivity contribution in [3.05, 3.63) is 36.4 Å². The average molecular weight is 256 g/mol. The molecule has 2 aromatic heterocycles. The Balaban J connectivity index is 1.67. The Hall–Kier alpha value is -2.24. The van der Waals surface area contributed by atoms with Crippen molar-refractivity contribution in [2.45, 2.75) is 6.92 Å². The van der Waals surface area contributed by atoms with E-state index in [0.29, 0.717) is 0 Å². The van der Waals surface area contributed by atoms with E-state index in [2.05, 4.69) is 30.0 Å². The van der Waals surface area contributed by atoms with Gasteiger partial charge in [0.25, 0.3) is 0 Å². The van der Waals surface area contributed by atoms with E-state index in [1.54, 1.807) is 12.4 Å². The number of aromatic nitrogens is 4. The molecule has 6 heteroatoms. The molecular formula is C13H16N6. The van der Waals surface area contributed by atoms with Gasteiger partial charge in [0, 0.05) is 38.6 Å². The lowest BCUT2D eigenvalue weighted by Gasteiger charge is -2.35. The van der Waals surface area contributed by atoms with Crippen molar-refractivity contribution in [1.29, 1.82) is 0 Å². The van der Waals surface area contributed by atoms with Gasteiger partial charge in [-0.05, 0) is 19.1 Å². The third kappa shape index (κ3) is 2.62. The standard InChI is InChI=1S/C13H16N6/c1-11-9-14-10-13(16-11)19-7-5-18(6-8-19)12-3-2-4-15-17-12/h2-4,9-10H,5-8H2,1H3. The van der Waals surface area contributed by atoms with E-state index in [0.717, 1.165) is 43.5 Å². The molecule has 1 aliphatic rings. The summed E-state index contributed by atoms with van der Waals surface area (Å²) in [5.74, 6) is 1.90. The Morgan fingerprint density at radius 1 is 1.00 bits per heavy atom. The fraction of sp³-hybridized carbons (Fsp3) is 0.385. The highest BCUT2D eigenvalue weighted by Gasteiger charge is 2.19. The number of nitrogens with zero attached hydrogens (tertiary/aromatic N) is 6. The molecule has 19 heavy (non-hydrogen) atoms. The molecular weight excluding hydrogens is 240 g/mol. The van der Waals surface area contributed by atoms with Gasteiger partial charge in [-0.25, -0.2) is 4.98 Å². The van der Waals surface area contributed by atoms with Crippen LogP contribution in [-0.2, 0) is 0 Å². The lowest BCUT2D eigenvalue weighted by molar-refractivity contribution is 0.636. The second-order valence-electron chi connectivity index (χ2n) is 4.57. The zero-order valence-electron chi connectivity index (χ0n) is 10.9. The maximum atomic E-state index is 4.51. The molecule has 0 aliphatic carbocycles. The molecule has 0 unspecified atom stereocenters. The van der Waals surface area contributed by atoms with Crippen molar-refractivity contribution >= 4 is 11.6 Å². The first kappa shape index (κ1) is 11.8. The second kappa shape index (κ2) is 5.17. The quantitative estimate of drug-likeness (QED) is 0.795. The van der Waals surface area contributed by atoms with E-state index in [1.807, 2.05) is 25.3 Å². The van der Waals surface area contributed by atoms with Gasteiger partial charge < -0.3 is 9.80 Å². The first-order valence-corrected chi connectivity index (χ1v) is 6.39. The number of anilines is 2. The summed E-state index contributed by atoms with van der Waals surface area (Å²) in [6.07, 6.45) is 5.30. The average Bonchev–Trinajstić information content (AvgIpc) is 2.48. The Bertz CT molecular complexity index is 536. The lowest BCUT2D eigenvalue weighted by atomic mass is 10.3. The van der Waals surface area contributed by atoms with E-state index in [-0.39, 0.29) is 0 Å². The summed E-state index contributed by atoms with van der Waals surface area (Å²) in [5, 5.41) is 8.06. The molecule has 98 valence electrons. The van der Waals surface area contributed by atoms with Crippen LogP contribution in [0, 0.1) is 6.92 Å². The lowest BCUT2D eigenvalue weighted by Crippen LogP contribution is -2.47. The summed E-state index contributed by atoms with van der Waals surface area (Å²) < 4.78 is 0. The molecule has 1 saturated heterocycles. The highest BCUT2D eigenvalue weighted by atomic mass is 15.3. The number of hydrogen-bond donors (Lipinski definition) is 0. The fourth-order valence-electron chi connectivity index (χ4n) is 2.23. The van der Waals surface area contributed by atoms with Crippen LogP contribution < -0.4 is 9.80 Å². The zero-order chi connectivity index (χ0) is 13.1. The minimum Gasteiger partial charge on any atom is -0.352 e. The monoisotopic (exact) mass is 256 g/mol. The normalized spacial score (nSPS) is 15.6. The van der Waals surface area contributed by atoms with Crippen molar-refractivity contribution in [1.82, 2.24) is 20.2 Å². The van der Waals surface area contributed by atoms with E-state index >= 15 is 0 Å².